The molecular formula is C23H30N6O3S. The lowest BCUT2D eigenvalue weighted by Crippen LogP contribution is -2.36. The second-order valence-electron chi connectivity index (χ2n) is 9.25. The van der Waals surface area contributed by atoms with Gasteiger partial charge in [0.2, 0.25) is 5.95 Å². The van der Waals surface area contributed by atoms with Crippen molar-refractivity contribution >= 4 is 33.3 Å². The topological polar surface area (TPSA) is 136 Å². The van der Waals surface area contributed by atoms with Crippen LogP contribution < -0.4 is 10.6 Å². The molecule has 2 aliphatic rings. The summed E-state index contributed by atoms with van der Waals surface area (Å²) in [6, 6.07) is 1.75. The number of aryl methyl sites for hydroxylation is 1. The van der Waals surface area contributed by atoms with Crippen molar-refractivity contribution in [1.82, 2.24) is 19.9 Å². The highest BCUT2D eigenvalue weighted by Crippen LogP contribution is 2.38. The van der Waals surface area contributed by atoms with E-state index in [2.05, 4.69) is 22.5 Å². The van der Waals surface area contributed by atoms with Crippen LogP contribution in [0.1, 0.15) is 38.3 Å². The van der Waals surface area contributed by atoms with Crippen molar-refractivity contribution in [2.75, 3.05) is 17.2 Å². The molecular weight excluding hydrogens is 440 g/mol. The van der Waals surface area contributed by atoms with Gasteiger partial charge in [-0.2, -0.15) is 4.98 Å². The molecule has 3 heterocycles. The summed E-state index contributed by atoms with van der Waals surface area (Å²) >= 11 is 1.54. The first kappa shape index (κ1) is 22.4. The molecule has 10 heteroatoms. The molecule has 1 unspecified atom stereocenters. The highest BCUT2D eigenvalue weighted by atomic mass is 32.1. The van der Waals surface area contributed by atoms with E-state index in [9.17, 15) is 15.3 Å². The molecule has 0 amide bonds. The predicted molar refractivity (Wildman–Crippen MR) is 128 cm³/mol. The van der Waals surface area contributed by atoms with Gasteiger partial charge in [0.15, 0.2) is 0 Å². The molecule has 3 aromatic heterocycles. The lowest BCUT2D eigenvalue weighted by Gasteiger charge is -2.32. The normalized spacial score (nSPS) is 26.3. The molecule has 0 spiro atoms. The maximum atomic E-state index is 10.6. The van der Waals surface area contributed by atoms with Crippen molar-refractivity contribution in [1.29, 1.82) is 0 Å². The molecule has 5 rings (SSSR count). The van der Waals surface area contributed by atoms with Gasteiger partial charge in [0.05, 0.1) is 34.3 Å². The van der Waals surface area contributed by atoms with E-state index in [0.717, 1.165) is 26.5 Å². The van der Waals surface area contributed by atoms with Crippen LogP contribution in [0.3, 0.4) is 0 Å². The Morgan fingerprint density at radius 2 is 2.00 bits per heavy atom. The average Bonchev–Trinajstić information content (AvgIpc) is 3.28. The maximum Gasteiger partial charge on any atom is 0.225 e. The van der Waals surface area contributed by atoms with E-state index in [1.807, 2.05) is 13.0 Å². The Morgan fingerprint density at radius 3 is 2.67 bits per heavy atom. The van der Waals surface area contributed by atoms with Crippen LogP contribution in [-0.4, -0.2) is 66.2 Å². The van der Waals surface area contributed by atoms with Crippen molar-refractivity contribution in [3.05, 3.63) is 24.2 Å². The summed E-state index contributed by atoms with van der Waals surface area (Å²) in [6.45, 7) is 3.91. The smallest absolute Gasteiger partial charge is 0.225 e. The van der Waals surface area contributed by atoms with E-state index in [4.69, 9.17) is 15.0 Å². The second-order valence-corrected chi connectivity index (χ2v) is 10.3. The quantitative estimate of drug-likeness (QED) is 0.353. The van der Waals surface area contributed by atoms with E-state index in [1.54, 1.807) is 12.4 Å². The summed E-state index contributed by atoms with van der Waals surface area (Å²) < 4.78 is 1.02. The van der Waals surface area contributed by atoms with E-state index in [0.29, 0.717) is 24.1 Å². The number of anilines is 2. The molecule has 2 saturated carbocycles. The Labute approximate surface area is 196 Å². The molecule has 0 aliphatic heterocycles. The van der Waals surface area contributed by atoms with Gasteiger partial charge in [0.1, 0.15) is 22.4 Å². The number of aliphatic hydroxyl groups is 3. The Morgan fingerprint density at radius 1 is 1.18 bits per heavy atom. The van der Waals surface area contributed by atoms with Gasteiger partial charge in [-0.25, -0.2) is 9.97 Å². The van der Waals surface area contributed by atoms with E-state index in [-0.39, 0.29) is 18.6 Å². The van der Waals surface area contributed by atoms with Gasteiger partial charge in [-0.1, -0.05) is 6.42 Å². The van der Waals surface area contributed by atoms with Crippen LogP contribution in [0, 0.1) is 18.8 Å². The first-order valence-electron chi connectivity index (χ1n) is 11.5. The summed E-state index contributed by atoms with van der Waals surface area (Å²) in [5.74, 6) is 1.34. The number of rotatable bonds is 7. The third-order valence-electron chi connectivity index (χ3n) is 7.07. The molecule has 0 radical (unpaired) electrons. The van der Waals surface area contributed by atoms with Crippen LogP contribution in [-0.2, 0) is 0 Å². The number of hydrogen-bond acceptors (Lipinski definition) is 10. The van der Waals surface area contributed by atoms with E-state index >= 15 is 0 Å². The maximum absolute atomic E-state index is 10.6. The highest BCUT2D eigenvalue weighted by molar-refractivity contribution is 7.21. The summed E-state index contributed by atoms with van der Waals surface area (Å²) in [5.41, 5.74) is 2.35. The molecule has 5 N–H and O–H groups in total. The monoisotopic (exact) mass is 470 g/mol. The summed E-state index contributed by atoms with van der Waals surface area (Å²) in [4.78, 5) is 18.4. The molecule has 3 aromatic rings. The zero-order valence-electron chi connectivity index (χ0n) is 18.8. The lowest BCUT2D eigenvalue weighted by atomic mass is 9.80. The number of nitrogens with zero attached hydrogens (tertiary/aromatic N) is 4. The Bertz CT molecular complexity index is 1100. The second kappa shape index (κ2) is 9.09. The van der Waals surface area contributed by atoms with Crippen molar-refractivity contribution in [2.24, 2.45) is 11.8 Å². The summed E-state index contributed by atoms with van der Waals surface area (Å²) in [7, 11) is 0. The molecule has 2 fully saturated rings. The van der Waals surface area contributed by atoms with Gasteiger partial charge in [-0.15, -0.1) is 11.3 Å². The molecule has 0 saturated heterocycles. The van der Waals surface area contributed by atoms with Crippen molar-refractivity contribution < 1.29 is 15.3 Å². The molecule has 2 aliphatic carbocycles. The summed E-state index contributed by atoms with van der Waals surface area (Å²) in [5, 5.41) is 38.0. The van der Waals surface area contributed by atoms with Gasteiger partial charge in [-0.05, 0) is 45.1 Å². The SMILES string of the molecule is Cc1nc(N[C@H](C)C2CCC2)nc(NC2C[C@H](CO)[C@@H](O)[C@H]2O)c1-c1nc2cnccc2s1. The van der Waals surface area contributed by atoms with Crippen LogP contribution in [0.15, 0.2) is 18.5 Å². The number of pyridine rings is 1. The van der Waals surface area contributed by atoms with Gasteiger partial charge < -0.3 is 26.0 Å². The Balaban J connectivity index is 1.52. The lowest BCUT2D eigenvalue weighted by molar-refractivity contribution is 0.00446. The minimum Gasteiger partial charge on any atom is -0.396 e. The van der Waals surface area contributed by atoms with Crippen LogP contribution in [0.4, 0.5) is 11.8 Å². The van der Waals surface area contributed by atoms with Gasteiger partial charge in [0.25, 0.3) is 0 Å². The van der Waals surface area contributed by atoms with Crippen molar-refractivity contribution in [3.63, 3.8) is 0 Å². The third-order valence-corrected chi connectivity index (χ3v) is 8.12. The fourth-order valence-corrected chi connectivity index (χ4v) is 5.80. The number of hydrogen-bond donors (Lipinski definition) is 5. The van der Waals surface area contributed by atoms with Crippen molar-refractivity contribution in [3.8, 4) is 10.6 Å². The zero-order valence-corrected chi connectivity index (χ0v) is 19.6. The minimum atomic E-state index is -1.00. The summed E-state index contributed by atoms with van der Waals surface area (Å²) in [6.07, 6.45) is 5.62. The number of nitrogens with one attached hydrogen (secondary N) is 2. The van der Waals surface area contributed by atoms with E-state index < -0.39 is 18.2 Å². The molecule has 176 valence electrons. The zero-order chi connectivity index (χ0) is 23.1. The molecule has 0 bridgehead atoms. The van der Waals surface area contributed by atoms with E-state index in [1.165, 1.54) is 30.6 Å². The van der Waals surface area contributed by atoms with Crippen LogP contribution in [0.2, 0.25) is 0 Å². The fraction of sp³-hybridized carbons (Fsp3) is 0.565. The number of aliphatic hydroxyl groups excluding tert-OH is 3. The third kappa shape index (κ3) is 4.28. The number of thiazole rings is 1. The molecule has 9 nitrogen and oxygen atoms in total. The number of aromatic nitrogens is 4. The standard InChI is InChI=1S/C23H30N6O3S/c1-11(13-4-3-5-13)25-23-26-12(2)18(22-28-16-9-24-7-6-17(16)33-22)21(29-23)27-15-8-14(10-30)19(31)20(15)32/h6-7,9,11,13-15,19-20,30-32H,3-5,8,10H2,1-2H3,(H2,25,26,27,29)/t11-,14-,15?,19-,20+/m1/s1. The van der Waals surface area contributed by atoms with Crippen LogP contribution in [0.25, 0.3) is 20.8 Å². The highest BCUT2D eigenvalue weighted by Gasteiger charge is 2.41. The van der Waals surface area contributed by atoms with Crippen LogP contribution in [0.5, 0.6) is 0 Å². The van der Waals surface area contributed by atoms with Gasteiger partial charge >= 0.3 is 0 Å². The van der Waals surface area contributed by atoms with Gasteiger partial charge in [0, 0.05) is 24.8 Å². The van der Waals surface area contributed by atoms with Crippen molar-refractivity contribution in [2.45, 2.75) is 63.8 Å². The Kier molecular flexibility index (Phi) is 6.17. The van der Waals surface area contributed by atoms with Crippen LogP contribution >= 0.6 is 11.3 Å². The average molecular weight is 471 g/mol. The number of fused-ring (bicyclic) bond motifs is 1. The largest absolute Gasteiger partial charge is 0.396 e. The Hall–Kier alpha value is -2.40. The fourth-order valence-electron chi connectivity index (χ4n) is 4.77. The molecule has 0 aromatic carbocycles. The predicted octanol–water partition coefficient (Wildman–Crippen LogP) is 2.57. The minimum absolute atomic E-state index is 0.178. The van der Waals surface area contributed by atoms with Gasteiger partial charge in [-0.3, -0.25) is 4.98 Å². The molecule has 5 atom stereocenters. The first-order valence-corrected chi connectivity index (χ1v) is 12.4. The molecule has 33 heavy (non-hydrogen) atoms. The first-order chi connectivity index (χ1) is 15.9.